The van der Waals surface area contributed by atoms with E-state index >= 15 is 0 Å². The predicted octanol–water partition coefficient (Wildman–Crippen LogP) is -4.12. The quantitative estimate of drug-likeness (QED) is 0.163. The summed E-state index contributed by atoms with van der Waals surface area (Å²) < 4.78 is 0. The molecule has 0 saturated carbocycles. The molecule has 8 N–H and O–H groups in total. The van der Waals surface area contributed by atoms with E-state index in [0.717, 1.165) is 0 Å². The van der Waals surface area contributed by atoms with E-state index < -0.39 is 67.4 Å². The monoisotopic (exact) mass is 380 g/mol. The van der Waals surface area contributed by atoms with Crippen LogP contribution < -0.4 is 21.7 Å². The van der Waals surface area contributed by atoms with Gasteiger partial charge in [-0.25, -0.2) is 4.79 Å². The number of carbonyl (C=O) groups is 5. The molecule has 0 heterocycles. The van der Waals surface area contributed by atoms with Gasteiger partial charge in [-0.3, -0.25) is 19.2 Å². The van der Waals surface area contributed by atoms with E-state index in [1.54, 1.807) is 0 Å². The van der Waals surface area contributed by atoms with Crippen molar-refractivity contribution in [2.45, 2.75) is 24.5 Å². The molecule has 0 aromatic carbocycles. The van der Waals surface area contributed by atoms with Crippen LogP contribution in [-0.2, 0) is 24.0 Å². The van der Waals surface area contributed by atoms with Crippen molar-refractivity contribution in [3.05, 3.63) is 0 Å². The van der Waals surface area contributed by atoms with Gasteiger partial charge in [0.1, 0.15) is 12.1 Å². The molecule has 0 aliphatic rings. The highest BCUT2D eigenvalue weighted by molar-refractivity contribution is 7.80. The lowest BCUT2D eigenvalue weighted by Crippen LogP contribution is -2.54. The fourth-order valence-corrected chi connectivity index (χ4v) is 1.73. The highest BCUT2D eigenvalue weighted by Crippen LogP contribution is 1.94. The Hall–Kier alpha value is -2.38. The van der Waals surface area contributed by atoms with Gasteiger partial charge >= 0.3 is 11.9 Å². The summed E-state index contributed by atoms with van der Waals surface area (Å²) in [5, 5.41) is 32.3. The van der Waals surface area contributed by atoms with Crippen LogP contribution in [0.3, 0.4) is 0 Å². The zero-order valence-electron chi connectivity index (χ0n) is 13.0. The first-order valence-electron chi connectivity index (χ1n) is 6.91. The number of nitrogens with two attached hydrogens (primary N) is 1. The number of carbonyl (C=O) groups excluding carboxylic acids is 3. The molecule has 0 aliphatic carbocycles. The minimum absolute atomic E-state index is 0.159. The zero-order valence-corrected chi connectivity index (χ0v) is 13.9. The summed E-state index contributed by atoms with van der Waals surface area (Å²) in [6, 6.07) is -4.06. The topological polar surface area (TPSA) is 208 Å². The van der Waals surface area contributed by atoms with Gasteiger partial charge in [0.25, 0.3) is 0 Å². The number of thiol groups is 1. The van der Waals surface area contributed by atoms with Crippen molar-refractivity contribution in [2.75, 3.05) is 18.9 Å². The molecule has 0 radical (unpaired) electrons. The molecule has 0 aromatic rings. The van der Waals surface area contributed by atoms with E-state index in [1.165, 1.54) is 0 Å². The maximum atomic E-state index is 11.9. The lowest BCUT2D eigenvalue weighted by Gasteiger charge is -2.19. The fourth-order valence-electron chi connectivity index (χ4n) is 1.48. The molecule has 3 unspecified atom stereocenters. The van der Waals surface area contributed by atoms with Crippen LogP contribution in [0, 0.1) is 0 Å². The van der Waals surface area contributed by atoms with E-state index in [9.17, 15) is 24.0 Å². The first kappa shape index (κ1) is 22.6. The summed E-state index contributed by atoms with van der Waals surface area (Å²) in [7, 11) is 0. The van der Waals surface area contributed by atoms with Gasteiger partial charge in [0.15, 0.2) is 0 Å². The normalized spacial score (nSPS) is 13.9. The predicted molar refractivity (Wildman–Crippen MR) is 85.7 cm³/mol. The van der Waals surface area contributed by atoms with Gasteiger partial charge in [-0.2, -0.15) is 12.6 Å². The van der Waals surface area contributed by atoms with Crippen LogP contribution in [-0.4, -0.2) is 82.0 Å². The molecule has 12 nitrogen and oxygen atoms in total. The number of hydrogen-bond acceptors (Lipinski definition) is 8. The third-order valence-corrected chi connectivity index (χ3v) is 3.15. The van der Waals surface area contributed by atoms with Crippen LogP contribution in [0.1, 0.15) is 6.42 Å². The average Bonchev–Trinajstić information content (AvgIpc) is 2.53. The minimum Gasteiger partial charge on any atom is -0.481 e. The summed E-state index contributed by atoms with van der Waals surface area (Å²) in [5.74, 6) is -5.46. The van der Waals surface area contributed by atoms with E-state index in [0.29, 0.717) is 0 Å². The Bertz CT molecular complexity index is 529. The number of carboxylic acid groups (broad SMARTS) is 2. The van der Waals surface area contributed by atoms with Crippen molar-refractivity contribution in [1.82, 2.24) is 16.0 Å². The van der Waals surface area contributed by atoms with E-state index in [-0.39, 0.29) is 5.75 Å². The molecule has 3 amide bonds. The van der Waals surface area contributed by atoms with Crippen molar-refractivity contribution in [1.29, 1.82) is 0 Å². The number of carboxylic acids is 2. The summed E-state index contributed by atoms with van der Waals surface area (Å²) in [5.41, 5.74) is 5.35. The van der Waals surface area contributed by atoms with Gasteiger partial charge in [-0.1, -0.05) is 0 Å². The third kappa shape index (κ3) is 8.88. The number of nitrogens with one attached hydrogen (secondary N) is 3. The molecular formula is C12H20N4O8S. The molecule has 0 aromatic heterocycles. The first-order chi connectivity index (χ1) is 11.6. The Labute approximate surface area is 147 Å². The van der Waals surface area contributed by atoms with Crippen molar-refractivity contribution >= 4 is 42.3 Å². The van der Waals surface area contributed by atoms with Crippen LogP contribution >= 0.6 is 12.6 Å². The lowest BCUT2D eigenvalue weighted by atomic mass is 10.2. The van der Waals surface area contributed by atoms with Crippen molar-refractivity contribution in [2.24, 2.45) is 5.73 Å². The number of aliphatic hydroxyl groups is 1. The molecule has 0 rings (SSSR count). The number of rotatable bonds is 11. The van der Waals surface area contributed by atoms with Gasteiger partial charge in [0.2, 0.25) is 17.7 Å². The highest BCUT2D eigenvalue weighted by atomic mass is 32.1. The minimum atomic E-state index is -1.52. The molecule has 0 bridgehead atoms. The average molecular weight is 380 g/mol. The largest absolute Gasteiger partial charge is 0.481 e. The molecule has 0 spiro atoms. The summed E-state index contributed by atoms with van der Waals surface area (Å²) in [4.78, 5) is 56.2. The second kappa shape index (κ2) is 11.2. The van der Waals surface area contributed by atoms with Crippen LogP contribution in [0.15, 0.2) is 0 Å². The van der Waals surface area contributed by atoms with E-state index in [1.807, 2.05) is 5.32 Å². The second-order valence-corrected chi connectivity index (χ2v) is 5.17. The van der Waals surface area contributed by atoms with E-state index in [2.05, 4.69) is 23.3 Å². The van der Waals surface area contributed by atoms with Crippen LogP contribution in [0.25, 0.3) is 0 Å². The zero-order chi connectivity index (χ0) is 19.6. The fraction of sp³-hybridized carbons (Fsp3) is 0.583. The van der Waals surface area contributed by atoms with Crippen LogP contribution in [0.2, 0.25) is 0 Å². The Morgan fingerprint density at radius 2 is 1.60 bits per heavy atom. The smallest absolute Gasteiger partial charge is 0.328 e. The molecule has 0 aliphatic heterocycles. The molecule has 25 heavy (non-hydrogen) atoms. The number of hydrogen-bond donors (Lipinski definition) is 8. The first-order valence-corrected chi connectivity index (χ1v) is 7.54. The van der Waals surface area contributed by atoms with Gasteiger partial charge < -0.3 is 37.0 Å². The van der Waals surface area contributed by atoms with Gasteiger partial charge in [-0.05, 0) is 0 Å². The van der Waals surface area contributed by atoms with Crippen molar-refractivity contribution in [3.63, 3.8) is 0 Å². The molecule has 0 fully saturated rings. The Kier molecular flexibility index (Phi) is 10.2. The number of amides is 3. The molecule has 3 atom stereocenters. The molecule has 0 saturated heterocycles. The molecular weight excluding hydrogens is 360 g/mol. The van der Waals surface area contributed by atoms with Gasteiger partial charge in [0, 0.05) is 5.75 Å². The summed E-state index contributed by atoms with van der Waals surface area (Å²) >= 11 is 3.87. The summed E-state index contributed by atoms with van der Waals surface area (Å²) in [6.45, 7) is -1.43. The van der Waals surface area contributed by atoms with Gasteiger partial charge in [-0.15, -0.1) is 0 Å². The highest BCUT2D eigenvalue weighted by Gasteiger charge is 2.25. The Morgan fingerprint density at radius 1 is 1.00 bits per heavy atom. The number of aliphatic hydroxyl groups excluding tert-OH is 1. The Morgan fingerprint density at radius 3 is 2.04 bits per heavy atom. The Balaban J connectivity index is 4.50. The van der Waals surface area contributed by atoms with Crippen molar-refractivity contribution in [3.8, 4) is 0 Å². The molecule has 13 heteroatoms. The SMILES string of the molecule is NC(CC(=O)O)C(=O)NC(CS)C(=O)NCC(=O)NC(CO)C(=O)O. The van der Waals surface area contributed by atoms with Crippen LogP contribution in [0.5, 0.6) is 0 Å². The summed E-state index contributed by atoms with van der Waals surface area (Å²) in [6.07, 6.45) is -0.632. The lowest BCUT2D eigenvalue weighted by molar-refractivity contribution is -0.142. The van der Waals surface area contributed by atoms with Gasteiger partial charge in [0.05, 0.1) is 25.6 Å². The molecule has 142 valence electrons. The second-order valence-electron chi connectivity index (χ2n) is 4.81. The number of aliphatic carboxylic acids is 2. The van der Waals surface area contributed by atoms with Crippen LogP contribution in [0.4, 0.5) is 0 Å². The van der Waals surface area contributed by atoms with Crippen molar-refractivity contribution < 1.29 is 39.3 Å². The maximum Gasteiger partial charge on any atom is 0.328 e. The third-order valence-electron chi connectivity index (χ3n) is 2.79. The standard InChI is InChI=1S/C12H20N4O8S/c13-5(1-9(19)20)10(21)16-7(4-25)11(22)14-2-8(18)15-6(3-17)12(23)24/h5-7,17,25H,1-4,13H2,(H,14,22)(H,15,18)(H,16,21)(H,19,20)(H,23,24). The maximum absolute atomic E-state index is 11.9. The van der Waals surface area contributed by atoms with E-state index in [4.69, 9.17) is 21.1 Å².